The van der Waals surface area contributed by atoms with Gasteiger partial charge in [-0.3, -0.25) is 0 Å². The maximum absolute atomic E-state index is 13.3. The Labute approximate surface area is 189 Å². The molecular weight excluding hydrogens is 426 g/mol. The first kappa shape index (κ1) is 22.5. The predicted molar refractivity (Wildman–Crippen MR) is 122 cm³/mol. The highest BCUT2D eigenvalue weighted by molar-refractivity contribution is 7.89. The van der Waals surface area contributed by atoms with E-state index in [9.17, 15) is 8.42 Å². The Balaban J connectivity index is 1.53. The van der Waals surface area contributed by atoms with Gasteiger partial charge in [-0.1, -0.05) is 50.2 Å². The highest BCUT2D eigenvalue weighted by Crippen LogP contribution is 2.32. The Hall–Kier alpha value is -2.71. The van der Waals surface area contributed by atoms with Crippen molar-refractivity contribution in [2.75, 3.05) is 20.2 Å². The van der Waals surface area contributed by atoms with Crippen LogP contribution in [0, 0.1) is 0 Å². The third-order valence-corrected chi connectivity index (χ3v) is 7.74. The van der Waals surface area contributed by atoms with Crippen molar-refractivity contribution >= 4 is 10.0 Å². The molecule has 1 aromatic heterocycles. The van der Waals surface area contributed by atoms with Gasteiger partial charge in [0.1, 0.15) is 5.75 Å². The van der Waals surface area contributed by atoms with E-state index in [-0.39, 0.29) is 11.3 Å². The maximum Gasteiger partial charge on any atom is 0.243 e. The molecule has 0 amide bonds. The molecule has 0 radical (unpaired) electrons. The maximum atomic E-state index is 13.3. The van der Waals surface area contributed by atoms with E-state index in [1.54, 1.807) is 19.2 Å². The largest absolute Gasteiger partial charge is 0.497 e. The van der Waals surface area contributed by atoms with E-state index in [4.69, 9.17) is 9.26 Å². The zero-order valence-corrected chi connectivity index (χ0v) is 19.7. The molecule has 1 saturated heterocycles. The van der Waals surface area contributed by atoms with Gasteiger partial charge < -0.3 is 9.26 Å². The third kappa shape index (κ3) is 4.56. The number of hydrogen-bond acceptors (Lipinski definition) is 6. The lowest BCUT2D eigenvalue weighted by molar-refractivity contribution is 0.265. The second-order valence-electron chi connectivity index (χ2n) is 9.16. The molecule has 1 aliphatic rings. The predicted octanol–water partition coefficient (Wildman–Crippen LogP) is 4.61. The van der Waals surface area contributed by atoms with Crippen LogP contribution in [0.15, 0.2) is 57.9 Å². The highest BCUT2D eigenvalue weighted by Gasteiger charge is 2.33. The first-order valence-electron chi connectivity index (χ1n) is 10.8. The Bertz CT molecular complexity index is 1180. The molecule has 4 rings (SSSR count). The first-order valence-corrected chi connectivity index (χ1v) is 12.2. The zero-order valence-electron chi connectivity index (χ0n) is 18.9. The van der Waals surface area contributed by atoms with Gasteiger partial charge in [0.05, 0.1) is 17.9 Å². The van der Waals surface area contributed by atoms with Crippen LogP contribution in [0.25, 0.3) is 11.4 Å². The second-order valence-corrected chi connectivity index (χ2v) is 11.1. The van der Waals surface area contributed by atoms with Crippen molar-refractivity contribution in [3.8, 4) is 17.1 Å². The molecule has 2 heterocycles. The van der Waals surface area contributed by atoms with E-state index in [0.29, 0.717) is 35.4 Å². The lowest BCUT2D eigenvalue weighted by Crippen LogP contribution is -2.39. The molecule has 32 heavy (non-hydrogen) atoms. The summed E-state index contributed by atoms with van der Waals surface area (Å²) in [4.78, 5) is 4.87. The lowest BCUT2D eigenvalue weighted by Gasteiger charge is -2.30. The van der Waals surface area contributed by atoms with Gasteiger partial charge in [0.15, 0.2) is 0 Å². The summed E-state index contributed by atoms with van der Waals surface area (Å²) < 4.78 is 38.9. The van der Waals surface area contributed by atoms with Gasteiger partial charge in [-0.2, -0.15) is 9.29 Å². The van der Waals surface area contributed by atoms with Crippen LogP contribution in [0.3, 0.4) is 0 Å². The van der Waals surface area contributed by atoms with E-state index < -0.39 is 10.0 Å². The van der Waals surface area contributed by atoms with Crippen molar-refractivity contribution in [3.05, 3.63) is 60.0 Å². The van der Waals surface area contributed by atoms with Gasteiger partial charge in [0.2, 0.25) is 21.7 Å². The summed E-state index contributed by atoms with van der Waals surface area (Å²) in [6.45, 7) is 7.13. The molecule has 7 nitrogen and oxygen atoms in total. The molecule has 2 aromatic carbocycles. The summed E-state index contributed by atoms with van der Waals surface area (Å²) in [5, 5.41) is 4.11. The summed E-state index contributed by atoms with van der Waals surface area (Å²) in [5.41, 5.74) is 1.86. The number of aromatic nitrogens is 2. The molecule has 170 valence electrons. The molecule has 0 saturated carbocycles. The van der Waals surface area contributed by atoms with Gasteiger partial charge in [0.25, 0.3) is 0 Å². The molecule has 0 aliphatic carbocycles. The topological polar surface area (TPSA) is 85.5 Å². The van der Waals surface area contributed by atoms with Crippen molar-refractivity contribution in [2.45, 2.75) is 49.8 Å². The second kappa shape index (κ2) is 8.67. The van der Waals surface area contributed by atoms with Crippen molar-refractivity contribution in [1.82, 2.24) is 14.4 Å². The Morgan fingerprint density at radius 1 is 1.12 bits per heavy atom. The molecule has 3 aromatic rings. The quantitative estimate of drug-likeness (QED) is 0.558. The number of benzene rings is 2. The summed E-state index contributed by atoms with van der Waals surface area (Å²) in [5.74, 6) is 1.50. The zero-order chi connectivity index (χ0) is 22.9. The van der Waals surface area contributed by atoms with Gasteiger partial charge in [-0.25, -0.2) is 8.42 Å². The number of ether oxygens (including phenoxy) is 1. The van der Waals surface area contributed by atoms with Gasteiger partial charge >= 0.3 is 0 Å². The molecule has 1 fully saturated rings. The van der Waals surface area contributed by atoms with E-state index in [2.05, 4.69) is 30.9 Å². The molecule has 0 bridgehead atoms. The number of rotatable bonds is 5. The number of methoxy groups -OCH3 is 1. The van der Waals surface area contributed by atoms with Gasteiger partial charge in [-0.05, 0) is 48.1 Å². The lowest BCUT2D eigenvalue weighted by atomic mass is 9.87. The molecule has 1 aliphatic heterocycles. The third-order valence-electron chi connectivity index (χ3n) is 5.86. The van der Waals surface area contributed by atoms with Gasteiger partial charge in [0, 0.05) is 18.7 Å². The minimum Gasteiger partial charge on any atom is -0.497 e. The fourth-order valence-corrected chi connectivity index (χ4v) is 5.44. The molecular formula is C24H29N3O4S. The SMILES string of the molecule is COc1cccc(-c2noc([C@H]3CCCN(S(=O)(=O)c4ccc(C(C)(C)C)cc4)C3)n2)c1. The number of hydrogen-bond donors (Lipinski definition) is 0. The van der Waals surface area contributed by atoms with Crippen LogP contribution in [0.4, 0.5) is 0 Å². The van der Waals surface area contributed by atoms with Crippen molar-refractivity contribution in [1.29, 1.82) is 0 Å². The summed E-state index contributed by atoms with van der Waals surface area (Å²) in [6, 6.07) is 14.6. The van der Waals surface area contributed by atoms with E-state index in [1.807, 2.05) is 36.4 Å². The molecule has 0 spiro atoms. The Kier molecular flexibility index (Phi) is 6.09. The van der Waals surface area contributed by atoms with Crippen LogP contribution in [-0.2, 0) is 15.4 Å². The molecule has 0 unspecified atom stereocenters. The van der Waals surface area contributed by atoms with Crippen LogP contribution < -0.4 is 4.74 Å². The Morgan fingerprint density at radius 3 is 2.56 bits per heavy atom. The summed E-state index contributed by atoms with van der Waals surface area (Å²) in [7, 11) is -1.99. The van der Waals surface area contributed by atoms with E-state index in [0.717, 1.165) is 24.0 Å². The van der Waals surface area contributed by atoms with Crippen molar-refractivity contribution in [3.63, 3.8) is 0 Å². The fourth-order valence-electron chi connectivity index (χ4n) is 3.92. The van der Waals surface area contributed by atoms with Crippen molar-refractivity contribution in [2.24, 2.45) is 0 Å². The molecule has 1 atom stereocenters. The van der Waals surface area contributed by atoms with Crippen LogP contribution in [0.2, 0.25) is 0 Å². The summed E-state index contributed by atoms with van der Waals surface area (Å²) >= 11 is 0. The first-order chi connectivity index (χ1) is 15.2. The highest BCUT2D eigenvalue weighted by atomic mass is 32.2. The number of sulfonamides is 1. The number of nitrogens with zero attached hydrogens (tertiary/aromatic N) is 3. The average Bonchev–Trinajstić information content (AvgIpc) is 3.29. The minimum atomic E-state index is -3.59. The summed E-state index contributed by atoms with van der Waals surface area (Å²) in [6.07, 6.45) is 1.54. The molecule has 0 N–H and O–H groups in total. The van der Waals surface area contributed by atoms with Crippen LogP contribution in [0.1, 0.15) is 51.0 Å². The van der Waals surface area contributed by atoms with E-state index >= 15 is 0 Å². The van der Waals surface area contributed by atoms with Crippen LogP contribution >= 0.6 is 0 Å². The fraction of sp³-hybridized carbons (Fsp3) is 0.417. The number of piperidine rings is 1. The normalized spacial score (nSPS) is 17.9. The smallest absolute Gasteiger partial charge is 0.243 e. The van der Waals surface area contributed by atoms with Crippen LogP contribution in [0.5, 0.6) is 5.75 Å². The minimum absolute atomic E-state index is 0.0308. The standard InChI is InChI=1S/C24H29N3O4S/c1-24(2,3)19-10-12-21(13-11-19)32(28,29)27-14-6-8-18(16-27)23-25-22(26-31-23)17-7-5-9-20(15-17)30-4/h5,7,9-13,15,18H,6,8,14,16H2,1-4H3/t18-/m0/s1. The van der Waals surface area contributed by atoms with Crippen molar-refractivity contribution < 1.29 is 17.7 Å². The Morgan fingerprint density at radius 2 is 1.88 bits per heavy atom. The van der Waals surface area contributed by atoms with E-state index in [1.165, 1.54) is 4.31 Å². The molecule has 8 heteroatoms. The van der Waals surface area contributed by atoms with Gasteiger partial charge in [-0.15, -0.1) is 0 Å². The van der Waals surface area contributed by atoms with Crippen LogP contribution in [-0.4, -0.2) is 43.1 Å². The monoisotopic (exact) mass is 455 g/mol. The average molecular weight is 456 g/mol.